The Balaban J connectivity index is 1.67. The topological polar surface area (TPSA) is 99.2 Å². The number of anilines is 1. The molecule has 4 rings (SSSR count). The second kappa shape index (κ2) is 7.28. The summed E-state index contributed by atoms with van der Waals surface area (Å²) in [6.07, 6.45) is 1.53. The molecule has 142 valence electrons. The zero-order valence-corrected chi connectivity index (χ0v) is 15.9. The first kappa shape index (κ1) is 17.9. The summed E-state index contributed by atoms with van der Waals surface area (Å²) in [6, 6.07) is 10.4. The number of aryl methyl sites for hydroxylation is 1. The van der Waals surface area contributed by atoms with Gasteiger partial charge in [-0.3, -0.25) is 9.59 Å². The molecular weight excluding hydrogens is 380 g/mol. The summed E-state index contributed by atoms with van der Waals surface area (Å²) in [6.45, 7) is 1.57. The first-order chi connectivity index (χ1) is 13.5. The van der Waals surface area contributed by atoms with Gasteiger partial charge in [0.05, 0.1) is 23.1 Å². The Morgan fingerprint density at radius 2 is 2.07 bits per heavy atom. The van der Waals surface area contributed by atoms with Crippen molar-refractivity contribution in [3.63, 3.8) is 0 Å². The number of hydrogen-bond acceptors (Lipinski definition) is 7. The molecule has 28 heavy (non-hydrogen) atoms. The minimum Gasteiger partial charge on any atom is -0.497 e. The number of nitrogens with one attached hydrogen (secondary N) is 1. The maximum absolute atomic E-state index is 12.8. The molecule has 1 N–H and O–H groups in total. The van der Waals surface area contributed by atoms with E-state index in [2.05, 4.69) is 15.4 Å². The average Bonchev–Trinajstić information content (AvgIpc) is 3.34. The van der Waals surface area contributed by atoms with E-state index in [0.717, 1.165) is 9.69 Å². The van der Waals surface area contributed by atoms with E-state index < -0.39 is 5.56 Å². The van der Waals surface area contributed by atoms with Crippen LogP contribution in [0.4, 0.5) is 5.69 Å². The first-order valence-electron chi connectivity index (χ1n) is 8.41. The van der Waals surface area contributed by atoms with Crippen LogP contribution < -0.4 is 15.6 Å². The Hall–Kier alpha value is -3.46. The third kappa shape index (κ3) is 3.39. The van der Waals surface area contributed by atoms with Gasteiger partial charge in [0.2, 0.25) is 5.91 Å². The van der Waals surface area contributed by atoms with Gasteiger partial charge in [-0.25, -0.2) is 9.67 Å². The van der Waals surface area contributed by atoms with Gasteiger partial charge in [0, 0.05) is 5.69 Å². The number of furan rings is 1. The summed E-state index contributed by atoms with van der Waals surface area (Å²) in [5.41, 5.74) is 0.943. The molecule has 0 saturated heterocycles. The van der Waals surface area contributed by atoms with Crippen LogP contribution in [0.25, 0.3) is 21.7 Å². The molecule has 0 fully saturated rings. The summed E-state index contributed by atoms with van der Waals surface area (Å²) in [5.74, 6) is 0.817. The summed E-state index contributed by atoms with van der Waals surface area (Å²) in [5, 5.41) is 7.84. The van der Waals surface area contributed by atoms with Crippen LogP contribution in [0.15, 0.2) is 51.9 Å². The molecule has 0 aliphatic rings. The predicted octanol–water partition coefficient (Wildman–Crippen LogP) is 3.07. The van der Waals surface area contributed by atoms with Gasteiger partial charge in [0.1, 0.15) is 18.0 Å². The monoisotopic (exact) mass is 396 g/mol. The van der Waals surface area contributed by atoms with Crippen molar-refractivity contribution in [2.45, 2.75) is 13.5 Å². The molecule has 0 radical (unpaired) electrons. The fraction of sp³-hybridized carbons (Fsp3) is 0.158. The Morgan fingerprint density at radius 1 is 1.29 bits per heavy atom. The molecule has 0 saturated carbocycles. The van der Waals surface area contributed by atoms with Crippen LogP contribution in [-0.2, 0) is 11.3 Å². The van der Waals surface area contributed by atoms with E-state index in [1.54, 1.807) is 43.5 Å². The lowest BCUT2D eigenvalue weighted by atomic mass is 10.3. The van der Waals surface area contributed by atoms with E-state index in [1.807, 2.05) is 6.92 Å². The van der Waals surface area contributed by atoms with E-state index in [9.17, 15) is 9.59 Å². The van der Waals surface area contributed by atoms with Crippen LogP contribution in [0, 0.1) is 6.92 Å². The minimum atomic E-state index is -0.417. The number of thiazole rings is 1. The van der Waals surface area contributed by atoms with Crippen molar-refractivity contribution in [1.29, 1.82) is 0 Å². The van der Waals surface area contributed by atoms with Crippen LogP contribution in [0.3, 0.4) is 0 Å². The van der Waals surface area contributed by atoms with Gasteiger partial charge in [-0.15, -0.1) is 11.3 Å². The lowest BCUT2D eigenvalue weighted by molar-refractivity contribution is -0.117. The standard InChI is InChI=1S/C19H16N4O4S/c1-11-20-17-18(28-11)16(14-4-3-9-27-14)22-23(19(17)25)10-15(24)21-12-5-7-13(26-2)8-6-12/h3-9H,10H2,1-2H3,(H,21,24). The van der Waals surface area contributed by atoms with Crippen molar-refractivity contribution in [3.05, 3.63) is 58.0 Å². The second-order valence-electron chi connectivity index (χ2n) is 5.98. The van der Waals surface area contributed by atoms with E-state index in [0.29, 0.717) is 27.6 Å². The van der Waals surface area contributed by atoms with Crippen molar-refractivity contribution < 1.29 is 13.9 Å². The zero-order chi connectivity index (χ0) is 19.7. The van der Waals surface area contributed by atoms with Crippen LogP contribution in [-0.4, -0.2) is 27.8 Å². The number of benzene rings is 1. The van der Waals surface area contributed by atoms with Gasteiger partial charge in [-0.2, -0.15) is 5.10 Å². The SMILES string of the molecule is COc1ccc(NC(=O)Cn2nc(-c3ccco3)c3sc(C)nc3c2=O)cc1. The van der Waals surface area contributed by atoms with Crippen LogP contribution >= 0.6 is 11.3 Å². The number of carbonyl (C=O) groups excluding carboxylic acids is 1. The van der Waals surface area contributed by atoms with E-state index in [-0.39, 0.29) is 18.0 Å². The van der Waals surface area contributed by atoms with E-state index >= 15 is 0 Å². The third-order valence-electron chi connectivity index (χ3n) is 4.03. The molecule has 1 aromatic carbocycles. The Kier molecular flexibility index (Phi) is 4.66. The normalized spacial score (nSPS) is 10.9. The number of carbonyl (C=O) groups is 1. The lowest BCUT2D eigenvalue weighted by Gasteiger charge is -2.09. The largest absolute Gasteiger partial charge is 0.497 e. The van der Waals surface area contributed by atoms with Crippen molar-refractivity contribution in [2.24, 2.45) is 0 Å². The first-order valence-corrected chi connectivity index (χ1v) is 9.23. The van der Waals surface area contributed by atoms with Crippen molar-refractivity contribution >= 4 is 33.1 Å². The third-order valence-corrected chi connectivity index (χ3v) is 5.01. The van der Waals surface area contributed by atoms with Crippen molar-refractivity contribution in [2.75, 3.05) is 12.4 Å². The molecule has 0 bridgehead atoms. The van der Waals surface area contributed by atoms with Crippen molar-refractivity contribution in [3.8, 4) is 17.2 Å². The second-order valence-corrected chi connectivity index (χ2v) is 7.18. The number of aromatic nitrogens is 3. The predicted molar refractivity (Wildman–Crippen MR) is 106 cm³/mol. The molecule has 0 aliphatic heterocycles. The molecule has 0 aliphatic carbocycles. The number of ether oxygens (including phenoxy) is 1. The maximum Gasteiger partial charge on any atom is 0.294 e. The number of rotatable bonds is 5. The number of amides is 1. The highest BCUT2D eigenvalue weighted by atomic mass is 32.1. The molecule has 3 aromatic heterocycles. The van der Waals surface area contributed by atoms with E-state index in [4.69, 9.17) is 9.15 Å². The average molecular weight is 396 g/mol. The molecule has 0 spiro atoms. The summed E-state index contributed by atoms with van der Waals surface area (Å²) in [7, 11) is 1.57. The minimum absolute atomic E-state index is 0.245. The molecule has 0 unspecified atom stereocenters. The molecular formula is C19H16N4O4S. The fourth-order valence-electron chi connectivity index (χ4n) is 2.76. The van der Waals surface area contributed by atoms with Gasteiger partial charge < -0.3 is 14.5 Å². The molecule has 1 amide bonds. The molecule has 9 heteroatoms. The number of hydrogen-bond donors (Lipinski definition) is 1. The van der Waals surface area contributed by atoms with Gasteiger partial charge in [-0.05, 0) is 43.3 Å². The van der Waals surface area contributed by atoms with Crippen molar-refractivity contribution in [1.82, 2.24) is 14.8 Å². The molecule has 3 heterocycles. The Bertz CT molecular complexity index is 1190. The Morgan fingerprint density at radius 3 is 2.75 bits per heavy atom. The maximum atomic E-state index is 12.8. The quantitative estimate of drug-likeness (QED) is 0.557. The van der Waals surface area contributed by atoms with Gasteiger partial charge >= 0.3 is 0 Å². The number of fused-ring (bicyclic) bond motifs is 1. The van der Waals surface area contributed by atoms with Crippen LogP contribution in [0.2, 0.25) is 0 Å². The summed E-state index contributed by atoms with van der Waals surface area (Å²) < 4.78 is 12.3. The van der Waals surface area contributed by atoms with E-state index in [1.165, 1.54) is 17.6 Å². The lowest BCUT2D eigenvalue weighted by Crippen LogP contribution is -2.30. The Labute approximate surface area is 163 Å². The van der Waals surface area contributed by atoms with Crippen LogP contribution in [0.1, 0.15) is 5.01 Å². The fourth-order valence-corrected chi connectivity index (χ4v) is 3.66. The summed E-state index contributed by atoms with van der Waals surface area (Å²) in [4.78, 5) is 29.5. The smallest absolute Gasteiger partial charge is 0.294 e. The molecule has 8 nitrogen and oxygen atoms in total. The highest BCUT2D eigenvalue weighted by Crippen LogP contribution is 2.29. The summed E-state index contributed by atoms with van der Waals surface area (Å²) >= 11 is 1.37. The van der Waals surface area contributed by atoms with Gasteiger partial charge in [-0.1, -0.05) is 0 Å². The number of nitrogens with zero attached hydrogens (tertiary/aromatic N) is 3. The molecule has 4 aromatic rings. The molecule has 0 atom stereocenters. The highest BCUT2D eigenvalue weighted by Gasteiger charge is 2.19. The van der Waals surface area contributed by atoms with Crippen LogP contribution in [0.5, 0.6) is 5.75 Å². The van der Waals surface area contributed by atoms with Gasteiger partial charge in [0.15, 0.2) is 11.3 Å². The van der Waals surface area contributed by atoms with Gasteiger partial charge in [0.25, 0.3) is 5.56 Å². The zero-order valence-electron chi connectivity index (χ0n) is 15.1. The highest BCUT2D eigenvalue weighted by molar-refractivity contribution is 7.19. The number of methoxy groups -OCH3 is 1.